The maximum Gasteiger partial charge on any atom is 0.408 e. The van der Waals surface area contributed by atoms with Crippen LogP contribution in [0.5, 0.6) is 0 Å². The van der Waals surface area contributed by atoms with E-state index >= 15 is 0 Å². The second-order valence-corrected chi connectivity index (χ2v) is 5.96. The lowest BCUT2D eigenvalue weighted by molar-refractivity contribution is 0.0426. The zero-order valence-electron chi connectivity index (χ0n) is 11.3. The number of hydrogen-bond acceptors (Lipinski definition) is 2. The van der Waals surface area contributed by atoms with Crippen LogP contribution in [0, 0.1) is 0 Å². The lowest BCUT2D eigenvalue weighted by Crippen LogP contribution is -2.50. The molecule has 1 fully saturated rings. The van der Waals surface area contributed by atoms with Crippen LogP contribution in [0.25, 0.3) is 0 Å². The number of nitrogens with one attached hydrogen (secondary N) is 1. The molecule has 0 aliphatic heterocycles. The molecule has 0 spiro atoms. The molecule has 1 N–H and O–H groups in total. The van der Waals surface area contributed by atoms with Gasteiger partial charge in [0.25, 0.3) is 0 Å². The molecular formula is C14H25NO2. The SMILES string of the molecule is C=CCC1(NC(=O)OC(C)(C)C)CCCCC1. The van der Waals surface area contributed by atoms with E-state index in [1.807, 2.05) is 26.8 Å². The molecule has 1 aliphatic carbocycles. The van der Waals surface area contributed by atoms with E-state index in [4.69, 9.17) is 4.74 Å². The van der Waals surface area contributed by atoms with E-state index in [2.05, 4.69) is 11.9 Å². The minimum atomic E-state index is -0.436. The van der Waals surface area contributed by atoms with Gasteiger partial charge < -0.3 is 10.1 Å². The summed E-state index contributed by atoms with van der Waals surface area (Å²) < 4.78 is 5.33. The lowest BCUT2D eigenvalue weighted by Gasteiger charge is -2.37. The van der Waals surface area contributed by atoms with Crippen LogP contribution in [0.1, 0.15) is 59.3 Å². The topological polar surface area (TPSA) is 38.3 Å². The molecule has 3 nitrogen and oxygen atoms in total. The third-order valence-corrected chi connectivity index (χ3v) is 3.11. The first-order valence-electron chi connectivity index (χ1n) is 6.49. The number of carbonyl (C=O) groups excluding carboxylic acids is 1. The molecule has 0 heterocycles. The van der Waals surface area contributed by atoms with Gasteiger partial charge >= 0.3 is 6.09 Å². The van der Waals surface area contributed by atoms with Crippen molar-refractivity contribution in [3.63, 3.8) is 0 Å². The van der Waals surface area contributed by atoms with Crippen LogP contribution in [0.2, 0.25) is 0 Å². The van der Waals surface area contributed by atoms with Gasteiger partial charge in [0.05, 0.1) is 0 Å². The zero-order chi connectivity index (χ0) is 12.9. The van der Waals surface area contributed by atoms with Crippen molar-refractivity contribution in [2.45, 2.75) is 70.4 Å². The molecule has 17 heavy (non-hydrogen) atoms. The number of alkyl carbamates (subject to hydrolysis) is 1. The average molecular weight is 239 g/mol. The first-order chi connectivity index (χ1) is 7.87. The number of hydrogen-bond donors (Lipinski definition) is 1. The molecule has 0 bridgehead atoms. The Hall–Kier alpha value is -0.990. The van der Waals surface area contributed by atoms with Crippen molar-refractivity contribution in [2.75, 3.05) is 0 Å². The lowest BCUT2D eigenvalue weighted by atomic mass is 9.79. The molecule has 3 heteroatoms. The van der Waals surface area contributed by atoms with Gasteiger partial charge in [-0.05, 0) is 40.0 Å². The van der Waals surface area contributed by atoms with E-state index in [9.17, 15) is 4.79 Å². The quantitative estimate of drug-likeness (QED) is 0.761. The highest BCUT2D eigenvalue weighted by Gasteiger charge is 2.33. The van der Waals surface area contributed by atoms with Crippen molar-refractivity contribution in [1.29, 1.82) is 0 Å². The first kappa shape index (κ1) is 14.1. The van der Waals surface area contributed by atoms with Gasteiger partial charge in [-0.1, -0.05) is 25.3 Å². The number of amides is 1. The summed E-state index contributed by atoms with van der Waals surface area (Å²) in [5.74, 6) is 0. The standard InChI is InChI=1S/C14H25NO2/c1-5-9-14(10-7-6-8-11-14)15-12(16)17-13(2,3)4/h5H,1,6-11H2,2-4H3,(H,15,16). The second-order valence-electron chi connectivity index (χ2n) is 5.96. The average Bonchev–Trinajstić information content (AvgIpc) is 2.15. The molecule has 1 rings (SSSR count). The second kappa shape index (κ2) is 5.56. The minimum absolute atomic E-state index is 0.123. The summed E-state index contributed by atoms with van der Waals surface area (Å²) in [4.78, 5) is 11.8. The van der Waals surface area contributed by atoms with Crippen LogP contribution in [0.4, 0.5) is 4.79 Å². The van der Waals surface area contributed by atoms with E-state index in [1.165, 1.54) is 19.3 Å². The molecule has 98 valence electrons. The van der Waals surface area contributed by atoms with Crippen LogP contribution in [-0.2, 0) is 4.74 Å². The summed E-state index contributed by atoms with van der Waals surface area (Å²) in [6.45, 7) is 9.44. The molecule has 0 radical (unpaired) electrons. The van der Waals surface area contributed by atoms with Crippen molar-refractivity contribution in [2.24, 2.45) is 0 Å². The van der Waals surface area contributed by atoms with E-state index in [0.717, 1.165) is 19.3 Å². The summed E-state index contributed by atoms with van der Waals surface area (Å²) in [6.07, 6.45) is 8.06. The van der Waals surface area contributed by atoms with E-state index in [-0.39, 0.29) is 11.6 Å². The molecule has 0 aromatic rings. The van der Waals surface area contributed by atoms with E-state index in [1.54, 1.807) is 0 Å². The van der Waals surface area contributed by atoms with Gasteiger partial charge in [-0.3, -0.25) is 0 Å². The Morgan fingerprint density at radius 1 is 1.35 bits per heavy atom. The highest BCUT2D eigenvalue weighted by molar-refractivity contribution is 5.68. The maximum atomic E-state index is 11.8. The molecule has 0 atom stereocenters. The Kier molecular flexibility index (Phi) is 4.61. The Morgan fingerprint density at radius 3 is 2.41 bits per heavy atom. The van der Waals surface area contributed by atoms with Gasteiger partial charge in [-0.15, -0.1) is 6.58 Å². The minimum Gasteiger partial charge on any atom is -0.444 e. The number of rotatable bonds is 3. The summed E-state index contributed by atoms with van der Waals surface area (Å²) in [5.41, 5.74) is -0.559. The molecule has 0 aromatic heterocycles. The molecule has 1 aliphatic rings. The number of ether oxygens (including phenoxy) is 1. The highest BCUT2D eigenvalue weighted by Crippen LogP contribution is 2.31. The molecule has 1 amide bonds. The maximum absolute atomic E-state index is 11.8. The Labute approximate surface area is 105 Å². The molecular weight excluding hydrogens is 214 g/mol. The largest absolute Gasteiger partial charge is 0.444 e. The van der Waals surface area contributed by atoms with Crippen LogP contribution in [-0.4, -0.2) is 17.2 Å². The fourth-order valence-corrected chi connectivity index (χ4v) is 2.41. The van der Waals surface area contributed by atoms with Gasteiger partial charge in [0.1, 0.15) is 5.60 Å². The predicted octanol–water partition coefficient (Wildman–Crippen LogP) is 3.79. The van der Waals surface area contributed by atoms with E-state index in [0.29, 0.717) is 0 Å². The summed E-state index contributed by atoms with van der Waals surface area (Å²) in [5, 5.41) is 3.06. The van der Waals surface area contributed by atoms with Crippen LogP contribution in [0.15, 0.2) is 12.7 Å². The van der Waals surface area contributed by atoms with Crippen molar-refractivity contribution in [3.8, 4) is 0 Å². The molecule has 0 unspecified atom stereocenters. The van der Waals surface area contributed by atoms with Gasteiger partial charge in [-0.2, -0.15) is 0 Å². The molecule has 0 saturated heterocycles. The third kappa shape index (κ3) is 4.80. The van der Waals surface area contributed by atoms with Crippen molar-refractivity contribution in [3.05, 3.63) is 12.7 Å². The van der Waals surface area contributed by atoms with Crippen LogP contribution in [0.3, 0.4) is 0 Å². The fourth-order valence-electron chi connectivity index (χ4n) is 2.41. The Bertz CT molecular complexity index is 272. The summed E-state index contributed by atoms with van der Waals surface area (Å²) >= 11 is 0. The molecule has 1 saturated carbocycles. The zero-order valence-corrected chi connectivity index (χ0v) is 11.3. The smallest absolute Gasteiger partial charge is 0.408 e. The van der Waals surface area contributed by atoms with Gasteiger partial charge in [-0.25, -0.2) is 4.79 Å². The third-order valence-electron chi connectivity index (χ3n) is 3.11. The van der Waals surface area contributed by atoms with Gasteiger partial charge in [0, 0.05) is 5.54 Å². The van der Waals surface area contributed by atoms with E-state index < -0.39 is 5.60 Å². The van der Waals surface area contributed by atoms with Crippen LogP contribution >= 0.6 is 0 Å². The normalized spacial score (nSPS) is 19.5. The first-order valence-corrected chi connectivity index (χ1v) is 6.49. The molecule has 0 aromatic carbocycles. The number of carbonyl (C=O) groups is 1. The van der Waals surface area contributed by atoms with Gasteiger partial charge in [0.15, 0.2) is 0 Å². The Morgan fingerprint density at radius 2 is 1.94 bits per heavy atom. The highest BCUT2D eigenvalue weighted by atomic mass is 16.6. The predicted molar refractivity (Wildman–Crippen MR) is 70.0 cm³/mol. The van der Waals surface area contributed by atoms with Crippen molar-refractivity contribution < 1.29 is 9.53 Å². The van der Waals surface area contributed by atoms with Gasteiger partial charge in [0.2, 0.25) is 0 Å². The summed E-state index contributed by atoms with van der Waals surface area (Å²) in [6, 6.07) is 0. The fraction of sp³-hybridized carbons (Fsp3) is 0.786. The van der Waals surface area contributed by atoms with Crippen LogP contribution < -0.4 is 5.32 Å². The van der Waals surface area contributed by atoms with Crippen molar-refractivity contribution in [1.82, 2.24) is 5.32 Å². The Balaban J connectivity index is 2.60. The van der Waals surface area contributed by atoms with Crippen molar-refractivity contribution >= 4 is 6.09 Å². The monoisotopic (exact) mass is 239 g/mol. The summed E-state index contributed by atoms with van der Waals surface area (Å²) in [7, 11) is 0.